The van der Waals surface area contributed by atoms with E-state index in [1.165, 1.54) is 7.11 Å². The lowest BCUT2D eigenvalue weighted by Crippen LogP contribution is -2.42. The molecule has 0 unspecified atom stereocenters. The van der Waals surface area contributed by atoms with Gasteiger partial charge in [-0.05, 0) is 31.9 Å². The quantitative estimate of drug-likeness (QED) is 0.885. The van der Waals surface area contributed by atoms with Crippen LogP contribution in [0.3, 0.4) is 0 Å². The number of hydrogen-bond acceptors (Lipinski definition) is 4. The Hall–Kier alpha value is -2.31. The molecule has 2 heterocycles. The SMILES string of the molecule is COc1ccc(C)nc1NC(=O)N1CCC(C(=O)O)CC1. The van der Waals surface area contributed by atoms with Crippen LogP contribution >= 0.6 is 0 Å². The first kappa shape index (κ1) is 15.1. The van der Waals surface area contributed by atoms with Crippen LogP contribution in [0.2, 0.25) is 0 Å². The van der Waals surface area contributed by atoms with Crippen LogP contribution in [0, 0.1) is 12.8 Å². The Labute approximate surface area is 122 Å². The predicted molar refractivity (Wildman–Crippen MR) is 76.5 cm³/mol. The molecule has 1 aliphatic heterocycles. The van der Waals surface area contributed by atoms with E-state index in [9.17, 15) is 9.59 Å². The summed E-state index contributed by atoms with van der Waals surface area (Å²) in [6.07, 6.45) is 0.947. The van der Waals surface area contributed by atoms with Crippen LogP contribution in [0.15, 0.2) is 12.1 Å². The molecule has 0 aromatic carbocycles. The standard InChI is InChI=1S/C14H19N3O4/c1-9-3-4-11(21-2)12(15-9)16-14(20)17-7-5-10(6-8-17)13(18)19/h3-4,10H,5-8H2,1-2H3,(H,18,19)(H,15,16,20). The highest BCUT2D eigenvalue weighted by atomic mass is 16.5. The van der Waals surface area contributed by atoms with E-state index in [0.29, 0.717) is 37.5 Å². The number of anilines is 1. The molecule has 0 radical (unpaired) electrons. The maximum absolute atomic E-state index is 12.2. The maximum atomic E-state index is 12.2. The molecule has 1 fully saturated rings. The maximum Gasteiger partial charge on any atom is 0.323 e. The summed E-state index contributed by atoms with van der Waals surface area (Å²) in [4.78, 5) is 28.9. The number of nitrogens with zero attached hydrogens (tertiary/aromatic N) is 2. The number of likely N-dealkylation sites (tertiary alicyclic amines) is 1. The largest absolute Gasteiger partial charge is 0.493 e. The van der Waals surface area contributed by atoms with E-state index in [4.69, 9.17) is 9.84 Å². The zero-order valence-electron chi connectivity index (χ0n) is 12.1. The van der Waals surface area contributed by atoms with E-state index >= 15 is 0 Å². The van der Waals surface area contributed by atoms with Crippen molar-refractivity contribution in [3.05, 3.63) is 17.8 Å². The predicted octanol–water partition coefficient (Wildman–Crippen LogP) is 1.73. The molecule has 114 valence electrons. The van der Waals surface area contributed by atoms with Crippen LogP contribution < -0.4 is 10.1 Å². The number of aromatic nitrogens is 1. The van der Waals surface area contributed by atoms with E-state index < -0.39 is 5.97 Å². The van der Waals surface area contributed by atoms with Crippen LogP contribution in [0.1, 0.15) is 18.5 Å². The summed E-state index contributed by atoms with van der Waals surface area (Å²) >= 11 is 0. The van der Waals surface area contributed by atoms with Crippen LogP contribution in [0.5, 0.6) is 5.75 Å². The molecule has 2 N–H and O–H groups in total. The van der Waals surface area contributed by atoms with Crippen LogP contribution in [-0.4, -0.2) is 47.2 Å². The van der Waals surface area contributed by atoms with Gasteiger partial charge in [0, 0.05) is 18.8 Å². The van der Waals surface area contributed by atoms with Gasteiger partial charge in [-0.25, -0.2) is 9.78 Å². The van der Waals surface area contributed by atoms with Gasteiger partial charge >= 0.3 is 12.0 Å². The van der Waals surface area contributed by atoms with Gasteiger partial charge in [-0.1, -0.05) is 0 Å². The zero-order valence-corrected chi connectivity index (χ0v) is 12.1. The van der Waals surface area contributed by atoms with Crippen molar-refractivity contribution in [3.8, 4) is 5.75 Å². The van der Waals surface area contributed by atoms with Crippen LogP contribution in [0.4, 0.5) is 10.6 Å². The zero-order chi connectivity index (χ0) is 15.4. The first-order valence-corrected chi connectivity index (χ1v) is 6.81. The Morgan fingerprint density at radius 3 is 2.62 bits per heavy atom. The summed E-state index contributed by atoms with van der Waals surface area (Å²) in [6.45, 7) is 2.68. The third kappa shape index (κ3) is 3.62. The third-order valence-corrected chi connectivity index (χ3v) is 3.57. The number of hydrogen-bond donors (Lipinski definition) is 2. The molecule has 1 aromatic rings. The number of carboxylic acids is 1. The molecular weight excluding hydrogens is 274 g/mol. The Kier molecular flexibility index (Phi) is 4.62. The molecular formula is C14H19N3O4. The average Bonchev–Trinajstić information content (AvgIpc) is 2.47. The molecule has 1 aliphatic rings. The number of piperidine rings is 1. The van der Waals surface area contributed by atoms with Gasteiger partial charge in [0.2, 0.25) is 0 Å². The minimum Gasteiger partial charge on any atom is -0.493 e. The molecule has 0 aliphatic carbocycles. The van der Waals surface area contributed by atoms with Crippen molar-refractivity contribution in [1.29, 1.82) is 0 Å². The lowest BCUT2D eigenvalue weighted by Gasteiger charge is -2.30. The van der Waals surface area contributed by atoms with Gasteiger partial charge in [0.05, 0.1) is 13.0 Å². The molecule has 0 saturated carbocycles. The summed E-state index contributed by atoms with van der Waals surface area (Å²) in [5.74, 6) is -0.282. The van der Waals surface area contributed by atoms with Crippen molar-refractivity contribution < 1.29 is 19.4 Å². The van der Waals surface area contributed by atoms with Crippen molar-refractivity contribution in [2.45, 2.75) is 19.8 Å². The highest BCUT2D eigenvalue weighted by Crippen LogP contribution is 2.23. The van der Waals surface area contributed by atoms with Crippen molar-refractivity contribution in [1.82, 2.24) is 9.88 Å². The lowest BCUT2D eigenvalue weighted by molar-refractivity contribution is -0.143. The first-order chi connectivity index (χ1) is 10.0. The van der Waals surface area contributed by atoms with Gasteiger partial charge in [0.1, 0.15) is 0 Å². The van der Waals surface area contributed by atoms with E-state index in [-0.39, 0.29) is 11.9 Å². The van der Waals surface area contributed by atoms with Crippen LogP contribution in [0.25, 0.3) is 0 Å². The number of aliphatic carboxylic acids is 1. The second-order valence-corrected chi connectivity index (χ2v) is 5.03. The van der Waals surface area contributed by atoms with E-state index in [0.717, 1.165) is 5.69 Å². The van der Waals surface area contributed by atoms with Crippen LogP contribution in [-0.2, 0) is 4.79 Å². The topological polar surface area (TPSA) is 91.8 Å². The Bertz CT molecular complexity index is 539. The molecule has 1 saturated heterocycles. The minimum absolute atomic E-state index is 0.282. The number of nitrogens with one attached hydrogen (secondary N) is 1. The smallest absolute Gasteiger partial charge is 0.323 e. The van der Waals surface area contributed by atoms with Gasteiger partial charge in [-0.3, -0.25) is 10.1 Å². The molecule has 2 amide bonds. The lowest BCUT2D eigenvalue weighted by atomic mass is 9.97. The first-order valence-electron chi connectivity index (χ1n) is 6.81. The molecule has 7 nitrogen and oxygen atoms in total. The fraction of sp³-hybridized carbons (Fsp3) is 0.500. The number of carboxylic acid groups (broad SMARTS) is 1. The number of ether oxygens (including phenoxy) is 1. The summed E-state index contributed by atoms with van der Waals surface area (Å²) in [5, 5.41) is 11.7. The summed E-state index contributed by atoms with van der Waals surface area (Å²) in [7, 11) is 1.51. The normalized spacial score (nSPS) is 15.6. The molecule has 0 atom stereocenters. The molecule has 7 heteroatoms. The Balaban J connectivity index is 1.99. The number of carbonyl (C=O) groups excluding carboxylic acids is 1. The van der Waals surface area contributed by atoms with Gasteiger partial charge < -0.3 is 14.7 Å². The molecule has 0 spiro atoms. The molecule has 1 aromatic heterocycles. The molecule has 21 heavy (non-hydrogen) atoms. The summed E-state index contributed by atoms with van der Waals surface area (Å²) < 4.78 is 5.16. The number of aryl methyl sites for hydroxylation is 1. The highest BCUT2D eigenvalue weighted by molar-refractivity contribution is 5.90. The monoisotopic (exact) mass is 293 g/mol. The molecule has 0 bridgehead atoms. The summed E-state index contributed by atoms with van der Waals surface area (Å²) in [6, 6.07) is 3.26. The molecule has 2 rings (SSSR count). The van der Waals surface area contributed by atoms with Crippen molar-refractivity contribution in [2.75, 3.05) is 25.5 Å². The van der Waals surface area contributed by atoms with Gasteiger partial charge in [0.25, 0.3) is 0 Å². The number of urea groups is 1. The Morgan fingerprint density at radius 2 is 2.05 bits per heavy atom. The van der Waals surface area contributed by atoms with Crippen molar-refractivity contribution in [3.63, 3.8) is 0 Å². The van der Waals surface area contributed by atoms with Crippen molar-refractivity contribution in [2.24, 2.45) is 5.92 Å². The number of pyridine rings is 1. The van der Waals surface area contributed by atoms with Gasteiger partial charge in [-0.15, -0.1) is 0 Å². The number of carbonyl (C=O) groups is 2. The summed E-state index contributed by atoms with van der Waals surface area (Å²) in [5.41, 5.74) is 0.774. The van der Waals surface area contributed by atoms with E-state index in [2.05, 4.69) is 10.3 Å². The average molecular weight is 293 g/mol. The van der Waals surface area contributed by atoms with E-state index in [1.807, 2.05) is 6.92 Å². The third-order valence-electron chi connectivity index (χ3n) is 3.57. The Morgan fingerprint density at radius 1 is 1.38 bits per heavy atom. The van der Waals surface area contributed by atoms with Gasteiger partial charge in [0.15, 0.2) is 11.6 Å². The second kappa shape index (κ2) is 6.43. The minimum atomic E-state index is -0.794. The fourth-order valence-corrected chi connectivity index (χ4v) is 2.31. The highest BCUT2D eigenvalue weighted by Gasteiger charge is 2.27. The van der Waals surface area contributed by atoms with Gasteiger partial charge in [-0.2, -0.15) is 0 Å². The van der Waals surface area contributed by atoms with Crippen molar-refractivity contribution >= 4 is 17.8 Å². The number of amides is 2. The number of methoxy groups -OCH3 is 1. The fourth-order valence-electron chi connectivity index (χ4n) is 2.31. The van der Waals surface area contributed by atoms with E-state index in [1.54, 1.807) is 17.0 Å². The second-order valence-electron chi connectivity index (χ2n) is 5.03. The number of rotatable bonds is 3.